The SMILES string of the molecule is CC(O)C(NC(=O)C(CS)NC(=O)C(CO)NC(=O)C(N)CCCN=C(N)N)C(=O)O. The molecule has 3 amide bonds. The van der Waals surface area contributed by atoms with Crippen molar-refractivity contribution >= 4 is 42.3 Å². The van der Waals surface area contributed by atoms with Crippen molar-refractivity contribution < 1.29 is 34.5 Å². The minimum absolute atomic E-state index is 0.0964. The zero-order chi connectivity index (χ0) is 24.1. The lowest BCUT2D eigenvalue weighted by molar-refractivity contribution is -0.145. The average molecular weight is 466 g/mol. The molecule has 0 aliphatic rings. The Kier molecular flexibility index (Phi) is 13.2. The van der Waals surface area contributed by atoms with Crippen LogP contribution in [-0.2, 0) is 19.2 Å². The minimum Gasteiger partial charge on any atom is -0.480 e. The van der Waals surface area contributed by atoms with Crippen molar-refractivity contribution in [3.05, 3.63) is 0 Å². The predicted molar refractivity (Wildman–Crippen MR) is 114 cm³/mol. The maximum Gasteiger partial charge on any atom is 0.328 e. The van der Waals surface area contributed by atoms with Gasteiger partial charge in [0.05, 0.1) is 18.8 Å². The van der Waals surface area contributed by atoms with Crippen LogP contribution in [0.1, 0.15) is 19.8 Å². The Bertz CT molecular complexity index is 658. The summed E-state index contributed by atoms with van der Waals surface area (Å²) in [4.78, 5) is 51.5. The van der Waals surface area contributed by atoms with Gasteiger partial charge in [-0.1, -0.05) is 0 Å². The molecule has 0 rings (SSSR count). The van der Waals surface area contributed by atoms with Crippen molar-refractivity contribution in [2.24, 2.45) is 22.2 Å². The summed E-state index contributed by atoms with van der Waals surface area (Å²) < 4.78 is 0. The van der Waals surface area contributed by atoms with E-state index < -0.39 is 60.6 Å². The molecule has 178 valence electrons. The van der Waals surface area contributed by atoms with E-state index >= 15 is 0 Å². The molecule has 0 aliphatic carbocycles. The number of guanidine groups is 1. The van der Waals surface area contributed by atoms with Crippen molar-refractivity contribution in [1.82, 2.24) is 16.0 Å². The monoisotopic (exact) mass is 465 g/mol. The van der Waals surface area contributed by atoms with Gasteiger partial charge < -0.3 is 48.5 Å². The Labute approximate surface area is 184 Å². The molecular weight excluding hydrogens is 434 g/mol. The summed E-state index contributed by atoms with van der Waals surface area (Å²) in [7, 11) is 0. The number of carbonyl (C=O) groups is 4. The third kappa shape index (κ3) is 10.8. The van der Waals surface area contributed by atoms with E-state index in [0.29, 0.717) is 6.42 Å². The van der Waals surface area contributed by atoms with Crippen molar-refractivity contribution in [2.45, 2.75) is 50.0 Å². The van der Waals surface area contributed by atoms with Crippen molar-refractivity contribution in [3.8, 4) is 0 Å². The van der Waals surface area contributed by atoms with E-state index in [-0.39, 0.29) is 24.7 Å². The maximum atomic E-state index is 12.3. The number of nitrogens with one attached hydrogen (secondary N) is 3. The minimum atomic E-state index is -1.60. The van der Waals surface area contributed by atoms with Crippen LogP contribution in [0.2, 0.25) is 0 Å². The molecule has 14 nitrogen and oxygen atoms in total. The molecular formula is C16H31N7O7S. The number of hydrogen-bond donors (Lipinski definition) is 10. The number of nitrogens with zero attached hydrogens (tertiary/aromatic N) is 1. The van der Waals surface area contributed by atoms with E-state index in [1.54, 1.807) is 0 Å². The average Bonchev–Trinajstić information content (AvgIpc) is 2.69. The van der Waals surface area contributed by atoms with Crippen LogP contribution in [0.25, 0.3) is 0 Å². The molecule has 12 N–H and O–H groups in total. The van der Waals surface area contributed by atoms with Gasteiger partial charge in [0.1, 0.15) is 12.1 Å². The van der Waals surface area contributed by atoms with E-state index in [1.807, 2.05) is 0 Å². The van der Waals surface area contributed by atoms with Gasteiger partial charge in [-0.25, -0.2) is 4.79 Å². The lowest BCUT2D eigenvalue weighted by Gasteiger charge is -2.24. The Hall–Kier alpha value is -2.62. The van der Waals surface area contributed by atoms with Crippen LogP contribution in [0, 0.1) is 0 Å². The van der Waals surface area contributed by atoms with Crippen LogP contribution in [0.4, 0.5) is 0 Å². The standard InChI is InChI=1S/C16H31N7O7S/c1-7(25)11(15(29)30)23-14(28)10(6-31)22-13(27)9(5-24)21-12(26)8(17)3-2-4-20-16(18)19/h7-11,24-25,31H,2-6,17H2,1H3,(H,21,26)(H,22,27)(H,23,28)(H,29,30)(H4,18,19,20). The molecule has 0 aliphatic heterocycles. The fraction of sp³-hybridized carbons (Fsp3) is 0.688. The van der Waals surface area contributed by atoms with Crippen LogP contribution in [0.15, 0.2) is 4.99 Å². The lowest BCUT2D eigenvalue weighted by atomic mass is 10.1. The zero-order valence-electron chi connectivity index (χ0n) is 17.0. The maximum absolute atomic E-state index is 12.3. The molecule has 0 saturated carbocycles. The number of carboxylic acids is 1. The van der Waals surface area contributed by atoms with Gasteiger partial charge in [0.25, 0.3) is 0 Å². The molecule has 0 saturated heterocycles. The van der Waals surface area contributed by atoms with Gasteiger partial charge in [0.2, 0.25) is 17.7 Å². The first-order valence-corrected chi connectivity index (χ1v) is 9.92. The Morgan fingerprint density at radius 2 is 1.58 bits per heavy atom. The second-order valence-electron chi connectivity index (χ2n) is 6.61. The highest BCUT2D eigenvalue weighted by molar-refractivity contribution is 7.80. The number of aliphatic hydroxyl groups excluding tert-OH is 2. The molecule has 15 heteroatoms. The van der Waals surface area contributed by atoms with Gasteiger partial charge in [-0.05, 0) is 19.8 Å². The summed E-state index contributed by atoms with van der Waals surface area (Å²) in [6, 6.07) is -5.31. The number of nitrogens with two attached hydrogens (primary N) is 3. The Balaban J connectivity index is 4.87. The smallest absolute Gasteiger partial charge is 0.328 e. The second-order valence-corrected chi connectivity index (χ2v) is 6.97. The zero-order valence-corrected chi connectivity index (χ0v) is 17.9. The fourth-order valence-electron chi connectivity index (χ4n) is 2.23. The van der Waals surface area contributed by atoms with Gasteiger partial charge in [0.15, 0.2) is 12.0 Å². The summed E-state index contributed by atoms with van der Waals surface area (Å²) in [5, 5.41) is 34.5. The first kappa shape index (κ1) is 28.4. The van der Waals surface area contributed by atoms with Crippen molar-refractivity contribution in [2.75, 3.05) is 18.9 Å². The molecule has 0 bridgehead atoms. The number of aliphatic carboxylic acids is 1. The summed E-state index contributed by atoms with van der Waals surface area (Å²) in [6.07, 6.45) is -0.783. The van der Waals surface area contributed by atoms with E-state index in [9.17, 15) is 29.4 Å². The van der Waals surface area contributed by atoms with Crippen LogP contribution in [0.3, 0.4) is 0 Å². The van der Waals surface area contributed by atoms with Crippen LogP contribution < -0.4 is 33.2 Å². The molecule has 0 spiro atoms. The van der Waals surface area contributed by atoms with Crippen LogP contribution in [0.5, 0.6) is 0 Å². The second kappa shape index (κ2) is 14.4. The first-order valence-electron chi connectivity index (χ1n) is 9.29. The fourth-order valence-corrected chi connectivity index (χ4v) is 2.49. The molecule has 0 fully saturated rings. The lowest BCUT2D eigenvalue weighted by Crippen LogP contribution is -2.59. The predicted octanol–water partition coefficient (Wildman–Crippen LogP) is -4.79. The van der Waals surface area contributed by atoms with Crippen molar-refractivity contribution in [1.29, 1.82) is 0 Å². The molecule has 0 radical (unpaired) electrons. The van der Waals surface area contributed by atoms with Gasteiger partial charge in [-0.2, -0.15) is 12.6 Å². The van der Waals surface area contributed by atoms with E-state index in [1.165, 1.54) is 6.92 Å². The highest BCUT2D eigenvalue weighted by Gasteiger charge is 2.31. The van der Waals surface area contributed by atoms with Gasteiger partial charge in [-0.15, -0.1) is 0 Å². The van der Waals surface area contributed by atoms with E-state index in [4.69, 9.17) is 22.3 Å². The van der Waals surface area contributed by atoms with E-state index in [2.05, 4.69) is 33.6 Å². The molecule has 0 aromatic rings. The highest BCUT2D eigenvalue weighted by atomic mass is 32.1. The third-order valence-corrected chi connectivity index (χ3v) is 4.35. The quantitative estimate of drug-likeness (QED) is 0.0506. The third-order valence-electron chi connectivity index (χ3n) is 3.98. The number of aliphatic hydroxyl groups is 2. The number of thiol groups is 1. The van der Waals surface area contributed by atoms with Gasteiger partial charge >= 0.3 is 5.97 Å². The molecule has 0 aromatic heterocycles. The number of carbonyl (C=O) groups excluding carboxylic acids is 3. The molecule has 5 atom stereocenters. The Morgan fingerprint density at radius 3 is 2.03 bits per heavy atom. The summed E-state index contributed by atoms with van der Waals surface area (Å²) >= 11 is 3.93. The number of aliphatic imine (C=N–C) groups is 1. The van der Waals surface area contributed by atoms with Crippen molar-refractivity contribution in [3.63, 3.8) is 0 Å². The summed E-state index contributed by atoms with van der Waals surface area (Å²) in [6.45, 7) is 0.644. The number of carboxylic acid groups (broad SMARTS) is 1. The van der Waals surface area contributed by atoms with Crippen LogP contribution >= 0.6 is 12.6 Å². The number of rotatable bonds is 14. The van der Waals surface area contributed by atoms with E-state index in [0.717, 1.165) is 0 Å². The Morgan fingerprint density at radius 1 is 1.03 bits per heavy atom. The van der Waals surface area contributed by atoms with Gasteiger partial charge in [-0.3, -0.25) is 19.4 Å². The van der Waals surface area contributed by atoms with Gasteiger partial charge in [0, 0.05) is 12.3 Å². The topological polar surface area (TPSA) is 255 Å². The first-order chi connectivity index (χ1) is 14.4. The molecule has 31 heavy (non-hydrogen) atoms. The number of amides is 3. The van der Waals surface area contributed by atoms with Crippen LogP contribution in [-0.4, -0.2) is 94.1 Å². The molecule has 0 heterocycles. The highest BCUT2D eigenvalue weighted by Crippen LogP contribution is 1.99. The normalized spacial score (nSPS) is 15.5. The summed E-state index contributed by atoms with van der Waals surface area (Å²) in [5.74, 6) is -4.34. The number of hydrogen-bond acceptors (Lipinski definition) is 9. The largest absolute Gasteiger partial charge is 0.480 e. The molecule has 0 aromatic carbocycles. The molecule has 5 unspecified atom stereocenters. The summed E-state index contributed by atoms with van der Waals surface area (Å²) in [5.41, 5.74) is 16.1.